The number of carbonyl (C=O) groups is 1. The van der Waals surface area contributed by atoms with Gasteiger partial charge in [0, 0.05) is 30.1 Å². The maximum absolute atomic E-state index is 12.3. The fraction of sp³-hybridized carbons (Fsp3) is 0.562. The molecule has 0 radical (unpaired) electrons. The molecule has 0 bridgehead atoms. The number of halogens is 1. The summed E-state index contributed by atoms with van der Waals surface area (Å²) in [5, 5.41) is 10.4. The summed E-state index contributed by atoms with van der Waals surface area (Å²) in [7, 11) is 3.14. The summed E-state index contributed by atoms with van der Waals surface area (Å²) in [6, 6.07) is 3.55. The van der Waals surface area contributed by atoms with Crippen LogP contribution in [0.2, 0.25) is 0 Å². The van der Waals surface area contributed by atoms with Crippen molar-refractivity contribution in [1.29, 1.82) is 0 Å². The van der Waals surface area contributed by atoms with Gasteiger partial charge in [0.1, 0.15) is 17.6 Å². The molecule has 0 saturated heterocycles. The van der Waals surface area contributed by atoms with Crippen LogP contribution in [0.15, 0.2) is 12.1 Å². The van der Waals surface area contributed by atoms with Crippen LogP contribution in [0.4, 0.5) is 0 Å². The third-order valence-corrected chi connectivity index (χ3v) is 3.96. The Bertz CT molecular complexity index is 551. The Balaban J connectivity index is 0.00000264. The van der Waals surface area contributed by atoms with Crippen LogP contribution in [-0.4, -0.2) is 42.7 Å². The van der Waals surface area contributed by atoms with Crippen LogP contribution in [0.3, 0.4) is 0 Å². The summed E-state index contributed by atoms with van der Waals surface area (Å²) in [6.07, 6.45) is 0.229. The third kappa shape index (κ3) is 4.28. The predicted octanol–water partition coefficient (Wildman–Crippen LogP) is 1.63. The van der Waals surface area contributed by atoms with Gasteiger partial charge in [0.05, 0.1) is 20.8 Å². The zero-order chi connectivity index (χ0) is 16.3. The van der Waals surface area contributed by atoms with Crippen LogP contribution in [-0.2, 0) is 11.3 Å². The number of amides is 1. The SMILES string of the molecule is COc1ccc(OC)c2c1CN(C(=O)CCC(C)N)CC2O.Cl. The molecule has 0 spiro atoms. The molecule has 1 amide bonds. The van der Waals surface area contributed by atoms with E-state index in [1.165, 1.54) is 0 Å². The summed E-state index contributed by atoms with van der Waals surface area (Å²) in [5.41, 5.74) is 7.21. The number of ether oxygens (including phenoxy) is 2. The van der Waals surface area contributed by atoms with Crippen LogP contribution in [0.5, 0.6) is 11.5 Å². The second kappa shape index (κ2) is 8.38. The second-order valence-electron chi connectivity index (χ2n) is 5.67. The van der Waals surface area contributed by atoms with Crippen molar-refractivity contribution in [3.05, 3.63) is 23.3 Å². The standard InChI is InChI=1S/C16H24N2O4.ClH/c1-10(17)4-7-15(20)18-8-11-13(21-2)5-6-14(22-3)16(11)12(19)9-18;/h5-6,10,12,19H,4,7-9,17H2,1-3H3;1H. The van der Waals surface area contributed by atoms with E-state index in [1.807, 2.05) is 6.92 Å². The van der Waals surface area contributed by atoms with Gasteiger partial charge in [-0.05, 0) is 25.5 Å². The number of aliphatic hydroxyl groups is 1. The Labute approximate surface area is 143 Å². The minimum absolute atomic E-state index is 0. The molecule has 23 heavy (non-hydrogen) atoms. The fourth-order valence-corrected chi connectivity index (χ4v) is 2.78. The first kappa shape index (κ1) is 19.5. The number of fused-ring (bicyclic) bond motifs is 1. The molecule has 2 atom stereocenters. The Kier molecular flexibility index (Phi) is 7.12. The highest BCUT2D eigenvalue weighted by atomic mass is 35.5. The van der Waals surface area contributed by atoms with Gasteiger partial charge in [0.15, 0.2) is 0 Å². The van der Waals surface area contributed by atoms with Crippen LogP contribution < -0.4 is 15.2 Å². The van der Waals surface area contributed by atoms with Crippen molar-refractivity contribution < 1.29 is 19.4 Å². The minimum atomic E-state index is -0.784. The fourth-order valence-electron chi connectivity index (χ4n) is 2.78. The van der Waals surface area contributed by atoms with Crippen molar-refractivity contribution in [2.24, 2.45) is 5.73 Å². The van der Waals surface area contributed by atoms with E-state index < -0.39 is 6.10 Å². The molecule has 130 valence electrons. The van der Waals surface area contributed by atoms with Crippen molar-refractivity contribution in [3.8, 4) is 11.5 Å². The van der Waals surface area contributed by atoms with Crippen molar-refractivity contribution in [3.63, 3.8) is 0 Å². The molecular weight excluding hydrogens is 320 g/mol. The number of benzene rings is 1. The van der Waals surface area contributed by atoms with E-state index in [2.05, 4.69) is 0 Å². The van der Waals surface area contributed by atoms with Gasteiger partial charge < -0.3 is 25.2 Å². The van der Waals surface area contributed by atoms with Gasteiger partial charge in [-0.25, -0.2) is 0 Å². The number of methoxy groups -OCH3 is 2. The first-order valence-corrected chi connectivity index (χ1v) is 7.43. The van der Waals surface area contributed by atoms with Crippen LogP contribution in [0.25, 0.3) is 0 Å². The first-order chi connectivity index (χ1) is 10.5. The van der Waals surface area contributed by atoms with Crippen molar-refractivity contribution in [2.75, 3.05) is 20.8 Å². The van der Waals surface area contributed by atoms with Crippen LogP contribution in [0.1, 0.15) is 37.0 Å². The first-order valence-electron chi connectivity index (χ1n) is 7.43. The lowest BCUT2D eigenvalue weighted by molar-refractivity contribution is -0.134. The Hall–Kier alpha value is -1.50. The molecule has 2 rings (SSSR count). The van der Waals surface area contributed by atoms with Crippen LogP contribution in [0, 0.1) is 0 Å². The molecule has 0 aromatic heterocycles. The average molecular weight is 345 g/mol. The van der Waals surface area contributed by atoms with Gasteiger partial charge in [0.2, 0.25) is 5.91 Å². The predicted molar refractivity (Wildman–Crippen MR) is 90.1 cm³/mol. The Morgan fingerprint density at radius 1 is 1.39 bits per heavy atom. The molecule has 1 heterocycles. The molecule has 0 saturated carbocycles. The van der Waals surface area contributed by atoms with Gasteiger partial charge in [-0.3, -0.25) is 4.79 Å². The quantitative estimate of drug-likeness (QED) is 0.848. The van der Waals surface area contributed by atoms with E-state index in [9.17, 15) is 9.90 Å². The van der Waals surface area contributed by atoms with E-state index in [4.69, 9.17) is 15.2 Å². The second-order valence-corrected chi connectivity index (χ2v) is 5.67. The van der Waals surface area contributed by atoms with E-state index >= 15 is 0 Å². The lowest BCUT2D eigenvalue weighted by Gasteiger charge is -2.34. The summed E-state index contributed by atoms with van der Waals surface area (Å²) in [6.45, 7) is 2.54. The molecule has 7 heteroatoms. The van der Waals surface area contributed by atoms with Gasteiger partial charge >= 0.3 is 0 Å². The van der Waals surface area contributed by atoms with E-state index in [1.54, 1.807) is 31.3 Å². The third-order valence-electron chi connectivity index (χ3n) is 3.96. The highest BCUT2D eigenvalue weighted by Crippen LogP contribution is 2.39. The normalized spacial score (nSPS) is 17.8. The summed E-state index contributed by atoms with van der Waals surface area (Å²) in [4.78, 5) is 13.9. The molecule has 1 aliphatic heterocycles. The number of rotatable bonds is 5. The number of carbonyl (C=O) groups excluding carboxylic acids is 1. The molecule has 6 nitrogen and oxygen atoms in total. The molecule has 1 aliphatic rings. The number of β-amino-alcohol motifs (C(OH)–C–C–N with tert-alkyl or cyclic N) is 1. The van der Waals surface area contributed by atoms with E-state index in [-0.39, 0.29) is 30.9 Å². The number of nitrogens with two attached hydrogens (primary N) is 1. The number of hydrogen-bond donors (Lipinski definition) is 2. The van der Waals surface area contributed by atoms with Crippen molar-refractivity contribution >= 4 is 18.3 Å². The highest BCUT2D eigenvalue weighted by Gasteiger charge is 2.31. The molecule has 0 aliphatic carbocycles. The van der Waals surface area contributed by atoms with Crippen molar-refractivity contribution in [1.82, 2.24) is 4.90 Å². The molecular formula is C16H25ClN2O4. The molecule has 2 unspecified atom stereocenters. The Morgan fingerprint density at radius 2 is 2.00 bits per heavy atom. The maximum Gasteiger partial charge on any atom is 0.223 e. The summed E-state index contributed by atoms with van der Waals surface area (Å²) in [5.74, 6) is 1.26. The van der Waals surface area contributed by atoms with Gasteiger partial charge in [0.25, 0.3) is 0 Å². The maximum atomic E-state index is 12.3. The molecule has 3 N–H and O–H groups in total. The number of nitrogens with zero attached hydrogens (tertiary/aromatic N) is 1. The van der Waals surface area contributed by atoms with Gasteiger partial charge in [-0.1, -0.05) is 0 Å². The Morgan fingerprint density at radius 3 is 2.57 bits per heavy atom. The molecule has 1 aromatic carbocycles. The average Bonchev–Trinajstić information content (AvgIpc) is 2.51. The lowest BCUT2D eigenvalue weighted by atomic mass is 9.94. The molecule has 1 aromatic rings. The molecule has 0 fully saturated rings. The van der Waals surface area contributed by atoms with Crippen LogP contribution >= 0.6 is 12.4 Å². The van der Waals surface area contributed by atoms with Crippen molar-refractivity contribution in [2.45, 2.75) is 38.5 Å². The van der Waals surface area contributed by atoms with Gasteiger partial charge in [-0.15, -0.1) is 12.4 Å². The zero-order valence-corrected chi connectivity index (χ0v) is 14.6. The van der Waals surface area contributed by atoms with Gasteiger partial charge in [-0.2, -0.15) is 0 Å². The minimum Gasteiger partial charge on any atom is -0.496 e. The monoisotopic (exact) mass is 344 g/mol. The number of hydrogen-bond acceptors (Lipinski definition) is 5. The lowest BCUT2D eigenvalue weighted by Crippen LogP contribution is -2.39. The summed E-state index contributed by atoms with van der Waals surface area (Å²) >= 11 is 0. The number of aliphatic hydroxyl groups excluding tert-OH is 1. The topological polar surface area (TPSA) is 85.0 Å². The highest BCUT2D eigenvalue weighted by molar-refractivity contribution is 5.85. The van der Waals surface area contributed by atoms with E-state index in [0.717, 1.165) is 5.56 Å². The largest absolute Gasteiger partial charge is 0.496 e. The zero-order valence-electron chi connectivity index (χ0n) is 13.7. The van der Waals surface area contributed by atoms with E-state index in [0.29, 0.717) is 36.4 Å². The summed E-state index contributed by atoms with van der Waals surface area (Å²) < 4.78 is 10.7. The smallest absolute Gasteiger partial charge is 0.223 e.